The maximum atomic E-state index is 6.37. The van der Waals surface area contributed by atoms with Crippen LogP contribution in [0.5, 0.6) is 0 Å². The van der Waals surface area contributed by atoms with E-state index in [4.69, 9.17) is 11.6 Å². The Labute approximate surface area is 195 Å². The van der Waals surface area contributed by atoms with Gasteiger partial charge in [-0.3, -0.25) is 4.72 Å². The molecule has 1 aromatic carbocycles. The van der Waals surface area contributed by atoms with Crippen LogP contribution in [0.2, 0.25) is 0 Å². The minimum Gasteiger partial charge on any atom is -0.301 e. The summed E-state index contributed by atoms with van der Waals surface area (Å²) in [4.78, 5) is 2.74. The molecule has 30 heavy (non-hydrogen) atoms. The van der Waals surface area contributed by atoms with Crippen LogP contribution in [-0.4, -0.2) is 41.7 Å². The topological polar surface area (TPSA) is 15.3 Å². The van der Waals surface area contributed by atoms with Crippen molar-refractivity contribution in [3.05, 3.63) is 35.9 Å². The number of nitrogens with zero attached hydrogens (tertiary/aromatic N) is 1. The summed E-state index contributed by atoms with van der Waals surface area (Å²) in [6, 6.07) is 11.4. The second-order valence-electron chi connectivity index (χ2n) is 10.7. The largest absolute Gasteiger partial charge is 0.301 e. The Balaban J connectivity index is 1.45. The molecule has 0 spiro atoms. The Morgan fingerprint density at radius 3 is 2.43 bits per heavy atom. The molecule has 170 valence electrons. The van der Waals surface area contributed by atoms with Crippen molar-refractivity contribution in [3.8, 4) is 0 Å². The minimum atomic E-state index is 0.407. The molecule has 0 amide bonds. The van der Waals surface area contributed by atoms with Gasteiger partial charge in [-0.25, -0.2) is 0 Å². The maximum absolute atomic E-state index is 6.37. The summed E-state index contributed by atoms with van der Waals surface area (Å²) in [5, 5.41) is 0.432. The van der Waals surface area contributed by atoms with Gasteiger partial charge in [-0.05, 0) is 73.8 Å². The van der Waals surface area contributed by atoms with Crippen LogP contribution in [0.3, 0.4) is 0 Å². The van der Waals surface area contributed by atoms with Crippen LogP contribution in [0.1, 0.15) is 65.4 Å². The summed E-state index contributed by atoms with van der Waals surface area (Å²) in [6.45, 7) is 13.4. The van der Waals surface area contributed by atoms with E-state index in [1.807, 2.05) is 11.9 Å². The summed E-state index contributed by atoms with van der Waals surface area (Å²) in [7, 11) is 0. The van der Waals surface area contributed by atoms with Crippen molar-refractivity contribution in [2.45, 2.75) is 77.6 Å². The predicted octanol–water partition coefficient (Wildman–Crippen LogP) is 6.64. The van der Waals surface area contributed by atoms with E-state index in [1.165, 1.54) is 57.3 Å². The third-order valence-corrected chi connectivity index (χ3v) is 8.81. The van der Waals surface area contributed by atoms with Crippen molar-refractivity contribution < 1.29 is 0 Å². The van der Waals surface area contributed by atoms with E-state index in [-0.39, 0.29) is 0 Å². The van der Waals surface area contributed by atoms with Crippen molar-refractivity contribution in [2.75, 3.05) is 25.4 Å². The first-order valence-electron chi connectivity index (χ1n) is 12.1. The summed E-state index contributed by atoms with van der Waals surface area (Å²) < 4.78 is 3.80. The van der Waals surface area contributed by atoms with E-state index >= 15 is 0 Å². The Morgan fingerprint density at radius 1 is 1.10 bits per heavy atom. The van der Waals surface area contributed by atoms with E-state index in [1.54, 1.807) is 0 Å². The first kappa shape index (κ1) is 24.4. The molecule has 1 saturated heterocycles. The fraction of sp³-hybridized carbons (Fsp3) is 0.769. The van der Waals surface area contributed by atoms with Gasteiger partial charge in [0, 0.05) is 30.3 Å². The quantitative estimate of drug-likeness (QED) is 0.258. The van der Waals surface area contributed by atoms with Crippen molar-refractivity contribution in [2.24, 2.45) is 23.2 Å². The van der Waals surface area contributed by atoms with Crippen LogP contribution in [0.4, 0.5) is 0 Å². The molecule has 1 N–H and O–H groups in total. The number of piperidine rings is 1. The second kappa shape index (κ2) is 11.6. The molecule has 1 aliphatic carbocycles. The minimum absolute atomic E-state index is 0.407. The van der Waals surface area contributed by atoms with E-state index in [0.717, 1.165) is 24.0 Å². The smallest absolute Gasteiger partial charge is 0.0336 e. The van der Waals surface area contributed by atoms with Gasteiger partial charge in [-0.1, -0.05) is 70.0 Å². The molecule has 1 aromatic rings. The van der Waals surface area contributed by atoms with Crippen molar-refractivity contribution >= 4 is 23.5 Å². The van der Waals surface area contributed by atoms with Crippen LogP contribution in [0, 0.1) is 23.2 Å². The zero-order chi connectivity index (χ0) is 21.6. The Bertz CT molecular complexity index is 613. The van der Waals surface area contributed by atoms with Gasteiger partial charge < -0.3 is 4.90 Å². The molecule has 2 nitrogen and oxygen atoms in total. The molecule has 3 rings (SSSR count). The third-order valence-electron chi connectivity index (χ3n) is 7.49. The van der Waals surface area contributed by atoms with Crippen molar-refractivity contribution in [1.82, 2.24) is 9.62 Å². The SMILES string of the molecule is CC(C)[C@H](CN1CC[C@H](C2CCC(Cl)CC2)C(C)(C)C1)NSCCc1ccccc1. The lowest BCUT2D eigenvalue weighted by Crippen LogP contribution is -2.52. The maximum Gasteiger partial charge on any atom is 0.0336 e. The van der Waals surface area contributed by atoms with Gasteiger partial charge in [0.2, 0.25) is 0 Å². The number of benzene rings is 1. The fourth-order valence-corrected chi connectivity index (χ4v) is 6.91. The fourth-order valence-electron chi connectivity index (χ4n) is 5.64. The van der Waals surface area contributed by atoms with E-state index < -0.39 is 0 Å². The number of rotatable bonds is 9. The summed E-state index contributed by atoms with van der Waals surface area (Å²) in [5.41, 5.74) is 1.84. The van der Waals surface area contributed by atoms with E-state index in [2.05, 4.69) is 67.6 Å². The number of aryl methyl sites for hydroxylation is 1. The van der Waals surface area contributed by atoms with E-state index in [0.29, 0.717) is 22.8 Å². The predicted molar refractivity (Wildman–Crippen MR) is 134 cm³/mol. The Kier molecular flexibility index (Phi) is 9.43. The number of hydrogen-bond donors (Lipinski definition) is 1. The monoisotopic (exact) mass is 450 g/mol. The highest BCUT2D eigenvalue weighted by molar-refractivity contribution is 7.97. The molecule has 1 aliphatic heterocycles. The number of nitrogens with one attached hydrogen (secondary N) is 1. The van der Waals surface area contributed by atoms with Crippen LogP contribution in [0.25, 0.3) is 0 Å². The molecule has 2 atom stereocenters. The second-order valence-corrected chi connectivity index (χ2v) is 12.2. The first-order chi connectivity index (χ1) is 14.3. The van der Waals surface area contributed by atoms with Gasteiger partial charge in [0.15, 0.2) is 0 Å². The number of alkyl halides is 1. The van der Waals surface area contributed by atoms with Gasteiger partial charge in [0.25, 0.3) is 0 Å². The third kappa shape index (κ3) is 7.15. The highest BCUT2D eigenvalue weighted by Gasteiger charge is 2.41. The molecule has 0 unspecified atom stereocenters. The number of likely N-dealkylation sites (tertiary alicyclic amines) is 1. The summed E-state index contributed by atoms with van der Waals surface area (Å²) in [5.74, 6) is 3.53. The van der Waals surface area contributed by atoms with Gasteiger partial charge in [-0.15, -0.1) is 11.6 Å². The van der Waals surface area contributed by atoms with Crippen LogP contribution >= 0.6 is 23.5 Å². The zero-order valence-corrected chi connectivity index (χ0v) is 21.2. The van der Waals surface area contributed by atoms with Crippen molar-refractivity contribution in [3.63, 3.8) is 0 Å². The van der Waals surface area contributed by atoms with Crippen molar-refractivity contribution in [1.29, 1.82) is 0 Å². The molecule has 4 heteroatoms. The molecule has 0 bridgehead atoms. The molecule has 0 radical (unpaired) electrons. The van der Waals surface area contributed by atoms with Gasteiger partial charge in [0.1, 0.15) is 0 Å². The average molecular weight is 451 g/mol. The molecular weight excluding hydrogens is 408 g/mol. The highest BCUT2D eigenvalue weighted by atomic mass is 35.5. The van der Waals surface area contributed by atoms with Gasteiger partial charge in [-0.2, -0.15) is 0 Å². The zero-order valence-electron chi connectivity index (χ0n) is 19.6. The Hall–Kier alpha value is -0.220. The molecule has 1 saturated carbocycles. The molecule has 2 fully saturated rings. The summed E-state index contributed by atoms with van der Waals surface area (Å²) in [6.07, 6.45) is 7.62. The normalized spacial score (nSPS) is 28.5. The first-order valence-corrected chi connectivity index (χ1v) is 13.5. The number of hydrogen-bond acceptors (Lipinski definition) is 3. The van der Waals surface area contributed by atoms with Crippen LogP contribution in [0.15, 0.2) is 30.3 Å². The number of halogens is 1. The lowest BCUT2D eigenvalue weighted by Gasteiger charge is -2.49. The van der Waals surface area contributed by atoms with Crippen LogP contribution in [-0.2, 0) is 6.42 Å². The van der Waals surface area contributed by atoms with E-state index in [9.17, 15) is 0 Å². The highest BCUT2D eigenvalue weighted by Crippen LogP contribution is 2.45. The average Bonchev–Trinajstić information content (AvgIpc) is 2.71. The van der Waals surface area contributed by atoms with Crippen LogP contribution < -0.4 is 4.72 Å². The molecule has 1 heterocycles. The molecular formula is C26H43ClN2S. The Morgan fingerprint density at radius 2 is 1.80 bits per heavy atom. The molecule has 0 aromatic heterocycles. The summed E-state index contributed by atoms with van der Waals surface area (Å²) >= 11 is 8.28. The lowest BCUT2D eigenvalue weighted by molar-refractivity contribution is 0.00609. The van der Waals surface area contributed by atoms with Gasteiger partial charge in [0.05, 0.1) is 0 Å². The lowest BCUT2D eigenvalue weighted by atomic mass is 9.64. The molecule has 2 aliphatic rings. The standard InChI is InChI=1S/C26H43ClN2S/c1-20(2)25(28-30-17-15-21-8-6-5-7-9-21)18-29-16-14-24(26(3,4)19-29)22-10-12-23(27)13-11-22/h5-9,20,22-25,28H,10-19H2,1-4H3/t22?,23?,24-,25+/m1/s1. The van der Waals surface area contributed by atoms with Gasteiger partial charge >= 0.3 is 0 Å².